The minimum absolute atomic E-state index is 0.209. The first-order valence-electron chi connectivity index (χ1n) is 5.16. The molecule has 0 radical (unpaired) electrons. The lowest BCUT2D eigenvalue weighted by Crippen LogP contribution is -2.32. The van der Waals surface area contributed by atoms with Crippen LogP contribution in [0.3, 0.4) is 0 Å². The number of carbonyl (C=O) groups excluding carboxylic acids is 1. The third-order valence-electron chi connectivity index (χ3n) is 2.80. The highest BCUT2D eigenvalue weighted by atomic mass is 16.2. The van der Waals surface area contributed by atoms with Crippen molar-refractivity contribution < 1.29 is 4.79 Å². The van der Waals surface area contributed by atoms with Gasteiger partial charge in [0.25, 0.3) is 0 Å². The van der Waals surface area contributed by atoms with Crippen LogP contribution >= 0.6 is 0 Å². The molecule has 1 aliphatic heterocycles. The molecule has 2 unspecified atom stereocenters. The van der Waals surface area contributed by atoms with E-state index in [0.717, 1.165) is 25.9 Å². The molecule has 0 spiro atoms. The van der Waals surface area contributed by atoms with Crippen molar-refractivity contribution in [2.24, 2.45) is 11.7 Å². The van der Waals surface area contributed by atoms with Crippen LogP contribution in [0.2, 0.25) is 0 Å². The van der Waals surface area contributed by atoms with E-state index in [0.29, 0.717) is 12.3 Å². The van der Waals surface area contributed by atoms with Crippen LogP contribution in [0.4, 0.5) is 0 Å². The SMILES string of the molecule is CCC(C)CC(=O)N1CCC(N)C1. The number of carbonyl (C=O) groups is 1. The van der Waals surface area contributed by atoms with Crippen molar-refractivity contribution in [1.82, 2.24) is 4.90 Å². The predicted molar refractivity (Wildman–Crippen MR) is 53.2 cm³/mol. The zero-order chi connectivity index (χ0) is 9.84. The van der Waals surface area contributed by atoms with Gasteiger partial charge in [-0.25, -0.2) is 0 Å². The molecule has 0 aromatic rings. The molecule has 1 saturated heterocycles. The second-order valence-corrected chi connectivity index (χ2v) is 4.11. The third-order valence-corrected chi connectivity index (χ3v) is 2.80. The maximum atomic E-state index is 11.6. The van der Waals surface area contributed by atoms with Crippen LogP contribution in [0.15, 0.2) is 0 Å². The summed E-state index contributed by atoms with van der Waals surface area (Å²) in [5.41, 5.74) is 5.73. The Balaban J connectivity index is 2.31. The number of hydrogen-bond acceptors (Lipinski definition) is 2. The van der Waals surface area contributed by atoms with Gasteiger partial charge in [-0.15, -0.1) is 0 Å². The van der Waals surface area contributed by atoms with E-state index in [1.54, 1.807) is 0 Å². The van der Waals surface area contributed by atoms with Gasteiger partial charge in [0.05, 0.1) is 0 Å². The maximum Gasteiger partial charge on any atom is 0.222 e. The molecule has 0 aromatic heterocycles. The van der Waals surface area contributed by atoms with Gasteiger partial charge in [0.1, 0.15) is 0 Å². The Morgan fingerprint density at radius 1 is 1.69 bits per heavy atom. The molecule has 1 heterocycles. The van der Waals surface area contributed by atoms with E-state index < -0.39 is 0 Å². The molecule has 13 heavy (non-hydrogen) atoms. The van der Waals surface area contributed by atoms with Crippen LogP contribution in [0.25, 0.3) is 0 Å². The summed E-state index contributed by atoms with van der Waals surface area (Å²) in [6, 6.07) is 0.209. The summed E-state index contributed by atoms with van der Waals surface area (Å²) in [6.07, 6.45) is 2.72. The summed E-state index contributed by atoms with van der Waals surface area (Å²) in [7, 11) is 0. The van der Waals surface area contributed by atoms with Crippen LogP contribution in [0, 0.1) is 5.92 Å². The van der Waals surface area contributed by atoms with E-state index in [9.17, 15) is 4.79 Å². The van der Waals surface area contributed by atoms with Crippen molar-refractivity contribution in [1.29, 1.82) is 0 Å². The van der Waals surface area contributed by atoms with Crippen LogP contribution in [0.1, 0.15) is 33.1 Å². The van der Waals surface area contributed by atoms with Gasteiger partial charge in [-0.3, -0.25) is 4.79 Å². The summed E-state index contributed by atoms with van der Waals surface area (Å²) in [4.78, 5) is 13.5. The molecule has 3 heteroatoms. The van der Waals surface area contributed by atoms with Crippen molar-refractivity contribution in [3.05, 3.63) is 0 Å². The molecule has 0 aromatic carbocycles. The Morgan fingerprint density at radius 2 is 2.38 bits per heavy atom. The number of amides is 1. The molecule has 3 nitrogen and oxygen atoms in total. The lowest BCUT2D eigenvalue weighted by atomic mass is 10.0. The minimum atomic E-state index is 0.209. The Labute approximate surface area is 80.3 Å². The van der Waals surface area contributed by atoms with Gasteiger partial charge in [-0.1, -0.05) is 20.3 Å². The number of nitrogens with two attached hydrogens (primary N) is 1. The first-order valence-corrected chi connectivity index (χ1v) is 5.16. The van der Waals surface area contributed by atoms with Gasteiger partial charge in [-0.05, 0) is 12.3 Å². The highest BCUT2D eigenvalue weighted by molar-refractivity contribution is 5.76. The molecular formula is C10H20N2O. The van der Waals surface area contributed by atoms with E-state index in [4.69, 9.17) is 5.73 Å². The lowest BCUT2D eigenvalue weighted by molar-refractivity contribution is -0.131. The molecule has 76 valence electrons. The van der Waals surface area contributed by atoms with Crippen LogP contribution in [-0.4, -0.2) is 29.9 Å². The standard InChI is InChI=1S/C10H20N2O/c1-3-8(2)6-10(13)12-5-4-9(11)7-12/h8-9H,3-7,11H2,1-2H3. The van der Waals surface area contributed by atoms with Crippen LogP contribution < -0.4 is 5.73 Å². The normalized spacial score (nSPS) is 24.8. The lowest BCUT2D eigenvalue weighted by Gasteiger charge is -2.17. The van der Waals surface area contributed by atoms with Crippen molar-refractivity contribution >= 4 is 5.91 Å². The summed E-state index contributed by atoms with van der Waals surface area (Å²) in [6.45, 7) is 5.85. The van der Waals surface area contributed by atoms with Gasteiger partial charge in [0.2, 0.25) is 5.91 Å². The molecular weight excluding hydrogens is 164 g/mol. The number of nitrogens with zero attached hydrogens (tertiary/aromatic N) is 1. The first kappa shape index (κ1) is 10.5. The molecule has 1 amide bonds. The fraction of sp³-hybridized carbons (Fsp3) is 0.900. The Hall–Kier alpha value is -0.570. The molecule has 2 N–H and O–H groups in total. The highest BCUT2D eigenvalue weighted by Crippen LogP contribution is 2.13. The number of hydrogen-bond donors (Lipinski definition) is 1. The molecule has 1 rings (SSSR count). The van der Waals surface area contributed by atoms with E-state index >= 15 is 0 Å². The number of rotatable bonds is 3. The van der Waals surface area contributed by atoms with E-state index in [1.165, 1.54) is 0 Å². The highest BCUT2D eigenvalue weighted by Gasteiger charge is 2.23. The summed E-state index contributed by atoms with van der Waals surface area (Å²) < 4.78 is 0. The second kappa shape index (κ2) is 4.61. The van der Waals surface area contributed by atoms with E-state index in [1.807, 2.05) is 4.90 Å². The summed E-state index contributed by atoms with van der Waals surface area (Å²) in [5.74, 6) is 0.784. The van der Waals surface area contributed by atoms with Gasteiger partial charge in [0.15, 0.2) is 0 Å². The smallest absolute Gasteiger partial charge is 0.222 e. The Morgan fingerprint density at radius 3 is 2.85 bits per heavy atom. The van der Waals surface area contributed by atoms with Gasteiger partial charge in [-0.2, -0.15) is 0 Å². The van der Waals surface area contributed by atoms with Crippen molar-refractivity contribution in [2.75, 3.05) is 13.1 Å². The van der Waals surface area contributed by atoms with Crippen LogP contribution in [0.5, 0.6) is 0 Å². The molecule has 1 aliphatic rings. The Bertz CT molecular complexity index is 182. The molecule has 2 atom stereocenters. The maximum absolute atomic E-state index is 11.6. The summed E-state index contributed by atoms with van der Waals surface area (Å²) >= 11 is 0. The average Bonchev–Trinajstić information content (AvgIpc) is 2.51. The predicted octanol–water partition coefficient (Wildman–Crippen LogP) is 0.982. The molecule has 0 saturated carbocycles. The van der Waals surface area contributed by atoms with E-state index in [-0.39, 0.29) is 11.9 Å². The van der Waals surface area contributed by atoms with Crippen molar-refractivity contribution in [2.45, 2.75) is 39.2 Å². The van der Waals surface area contributed by atoms with Gasteiger partial charge in [0, 0.05) is 25.6 Å². The summed E-state index contributed by atoms with van der Waals surface area (Å²) in [5, 5.41) is 0. The monoisotopic (exact) mass is 184 g/mol. The molecule has 1 fully saturated rings. The quantitative estimate of drug-likeness (QED) is 0.710. The minimum Gasteiger partial charge on any atom is -0.341 e. The van der Waals surface area contributed by atoms with Crippen LogP contribution in [-0.2, 0) is 4.79 Å². The number of likely N-dealkylation sites (tertiary alicyclic amines) is 1. The molecule has 0 aliphatic carbocycles. The second-order valence-electron chi connectivity index (χ2n) is 4.11. The van der Waals surface area contributed by atoms with Crippen molar-refractivity contribution in [3.63, 3.8) is 0 Å². The van der Waals surface area contributed by atoms with Gasteiger partial charge < -0.3 is 10.6 Å². The van der Waals surface area contributed by atoms with Gasteiger partial charge >= 0.3 is 0 Å². The first-order chi connectivity index (χ1) is 6.13. The zero-order valence-electron chi connectivity index (χ0n) is 8.62. The topological polar surface area (TPSA) is 46.3 Å². The largest absolute Gasteiger partial charge is 0.341 e. The third kappa shape index (κ3) is 2.99. The molecule has 0 bridgehead atoms. The van der Waals surface area contributed by atoms with Crippen molar-refractivity contribution in [3.8, 4) is 0 Å². The van der Waals surface area contributed by atoms with E-state index in [2.05, 4.69) is 13.8 Å². The Kier molecular flexibility index (Phi) is 3.72. The average molecular weight is 184 g/mol. The fourth-order valence-corrected chi connectivity index (χ4v) is 1.59. The fourth-order valence-electron chi connectivity index (χ4n) is 1.59. The zero-order valence-corrected chi connectivity index (χ0v) is 8.62.